The molecule has 0 unspecified atom stereocenters. The van der Waals surface area contributed by atoms with Crippen molar-refractivity contribution in [3.05, 3.63) is 71.8 Å². The van der Waals surface area contributed by atoms with Crippen molar-refractivity contribution in [1.29, 1.82) is 0 Å². The molecule has 3 heteroatoms. The van der Waals surface area contributed by atoms with Crippen LogP contribution in [-0.4, -0.2) is 19.1 Å². The molecule has 20 heavy (non-hydrogen) atoms. The molecule has 0 aliphatic rings. The molecular formula is C17H19NO2. The average molecular weight is 269 g/mol. The molecule has 0 bridgehead atoms. The molecule has 0 heterocycles. The van der Waals surface area contributed by atoms with Crippen molar-refractivity contribution >= 4 is 5.97 Å². The fourth-order valence-electron chi connectivity index (χ4n) is 1.98. The number of nitrogens with one attached hydrogen (secondary N) is 1. The number of ether oxygens (including phenoxy) is 1. The van der Waals surface area contributed by atoms with Gasteiger partial charge >= 0.3 is 5.97 Å². The van der Waals surface area contributed by atoms with Crippen molar-refractivity contribution in [1.82, 2.24) is 5.32 Å². The van der Waals surface area contributed by atoms with E-state index in [-0.39, 0.29) is 12.0 Å². The van der Waals surface area contributed by atoms with Crippen molar-refractivity contribution in [3.63, 3.8) is 0 Å². The van der Waals surface area contributed by atoms with Crippen LogP contribution in [0.2, 0.25) is 0 Å². The Hall–Kier alpha value is -2.13. The second kappa shape index (κ2) is 7.46. The first-order valence-electron chi connectivity index (χ1n) is 6.71. The summed E-state index contributed by atoms with van der Waals surface area (Å²) in [5, 5.41) is 3.01. The van der Waals surface area contributed by atoms with E-state index in [9.17, 15) is 4.79 Å². The number of likely N-dealkylation sites (N-methyl/N-ethyl adjacent to an activating group) is 1. The molecule has 1 atom stereocenters. The van der Waals surface area contributed by atoms with E-state index in [1.54, 1.807) is 7.05 Å². The highest BCUT2D eigenvalue weighted by Gasteiger charge is 2.18. The first-order valence-corrected chi connectivity index (χ1v) is 6.71. The molecule has 1 N–H and O–H groups in total. The summed E-state index contributed by atoms with van der Waals surface area (Å²) in [4.78, 5) is 12.1. The second-order valence-electron chi connectivity index (χ2n) is 4.62. The van der Waals surface area contributed by atoms with Crippen molar-refractivity contribution in [2.75, 3.05) is 7.05 Å². The van der Waals surface area contributed by atoms with Crippen molar-refractivity contribution in [2.45, 2.75) is 19.1 Å². The zero-order chi connectivity index (χ0) is 14.2. The number of esters is 1. The maximum atomic E-state index is 12.1. The number of hydrogen-bond donors (Lipinski definition) is 1. The topological polar surface area (TPSA) is 38.3 Å². The molecule has 2 aromatic carbocycles. The summed E-state index contributed by atoms with van der Waals surface area (Å²) in [5.74, 6) is -0.222. The minimum absolute atomic E-state index is 0.222. The predicted octanol–water partition coefficient (Wildman–Crippen LogP) is 2.56. The normalized spacial score (nSPS) is 11.8. The Morgan fingerprint density at radius 1 is 1.00 bits per heavy atom. The smallest absolute Gasteiger partial charge is 0.323 e. The Labute approximate surface area is 119 Å². The van der Waals surface area contributed by atoms with E-state index < -0.39 is 0 Å². The molecule has 0 saturated carbocycles. The van der Waals surface area contributed by atoms with Gasteiger partial charge in [-0.3, -0.25) is 4.79 Å². The molecule has 0 radical (unpaired) electrons. The predicted molar refractivity (Wildman–Crippen MR) is 79.2 cm³/mol. The highest BCUT2D eigenvalue weighted by Crippen LogP contribution is 2.06. The summed E-state index contributed by atoms with van der Waals surface area (Å²) in [6, 6.07) is 19.3. The Balaban J connectivity index is 1.89. The Morgan fingerprint density at radius 2 is 1.55 bits per heavy atom. The average Bonchev–Trinajstić information content (AvgIpc) is 2.52. The van der Waals surface area contributed by atoms with E-state index in [4.69, 9.17) is 4.74 Å². The minimum atomic E-state index is -0.318. The van der Waals surface area contributed by atoms with E-state index in [2.05, 4.69) is 5.32 Å². The summed E-state index contributed by atoms with van der Waals surface area (Å²) >= 11 is 0. The SMILES string of the molecule is CN[C@H](Cc1ccccc1)C(=O)OCc1ccccc1. The molecule has 0 spiro atoms. The quantitative estimate of drug-likeness (QED) is 0.819. The highest BCUT2D eigenvalue weighted by atomic mass is 16.5. The van der Waals surface area contributed by atoms with Crippen LogP contribution < -0.4 is 5.32 Å². The number of hydrogen-bond acceptors (Lipinski definition) is 3. The van der Waals surface area contributed by atoms with Crippen LogP contribution in [0, 0.1) is 0 Å². The summed E-state index contributed by atoms with van der Waals surface area (Å²) in [6.07, 6.45) is 0.630. The molecule has 3 nitrogen and oxygen atoms in total. The van der Waals surface area contributed by atoms with Crippen LogP contribution in [0.1, 0.15) is 11.1 Å². The summed E-state index contributed by atoms with van der Waals surface area (Å²) in [7, 11) is 1.78. The van der Waals surface area contributed by atoms with Crippen LogP contribution in [0.3, 0.4) is 0 Å². The van der Waals surface area contributed by atoms with Gasteiger partial charge in [-0.05, 0) is 24.6 Å². The molecule has 0 fully saturated rings. The lowest BCUT2D eigenvalue weighted by atomic mass is 10.1. The van der Waals surface area contributed by atoms with Gasteiger partial charge in [0.25, 0.3) is 0 Å². The molecule has 2 aromatic rings. The Kier molecular flexibility index (Phi) is 5.33. The van der Waals surface area contributed by atoms with E-state index >= 15 is 0 Å². The van der Waals surface area contributed by atoms with Crippen LogP contribution in [0.4, 0.5) is 0 Å². The monoisotopic (exact) mass is 269 g/mol. The van der Waals surface area contributed by atoms with Crippen LogP contribution >= 0.6 is 0 Å². The van der Waals surface area contributed by atoms with Crippen LogP contribution in [-0.2, 0) is 22.6 Å². The number of carbonyl (C=O) groups excluding carboxylic acids is 1. The highest BCUT2D eigenvalue weighted by molar-refractivity contribution is 5.76. The Bertz CT molecular complexity index is 525. The third-order valence-electron chi connectivity index (χ3n) is 3.14. The molecule has 0 aliphatic heterocycles. The van der Waals surface area contributed by atoms with Crippen LogP contribution in [0.25, 0.3) is 0 Å². The largest absolute Gasteiger partial charge is 0.460 e. The summed E-state index contributed by atoms with van der Waals surface area (Å²) in [5.41, 5.74) is 2.11. The molecule has 104 valence electrons. The molecule has 0 aromatic heterocycles. The second-order valence-corrected chi connectivity index (χ2v) is 4.62. The van der Waals surface area contributed by atoms with Gasteiger partial charge in [0.2, 0.25) is 0 Å². The van der Waals surface area contributed by atoms with Gasteiger partial charge in [-0.2, -0.15) is 0 Å². The van der Waals surface area contributed by atoms with E-state index in [0.717, 1.165) is 11.1 Å². The van der Waals surface area contributed by atoms with Crippen molar-refractivity contribution in [3.8, 4) is 0 Å². The van der Waals surface area contributed by atoms with E-state index in [0.29, 0.717) is 13.0 Å². The van der Waals surface area contributed by atoms with Gasteiger partial charge in [-0.25, -0.2) is 0 Å². The van der Waals surface area contributed by atoms with E-state index in [1.807, 2.05) is 60.7 Å². The van der Waals surface area contributed by atoms with Crippen molar-refractivity contribution < 1.29 is 9.53 Å². The first-order chi connectivity index (χ1) is 9.79. The molecule has 2 rings (SSSR count). The zero-order valence-electron chi connectivity index (χ0n) is 11.6. The lowest BCUT2D eigenvalue weighted by Crippen LogP contribution is -2.37. The van der Waals surface area contributed by atoms with Gasteiger partial charge < -0.3 is 10.1 Å². The standard InChI is InChI=1S/C17H19NO2/c1-18-16(12-14-8-4-2-5-9-14)17(19)20-13-15-10-6-3-7-11-15/h2-11,16,18H,12-13H2,1H3/t16-/m1/s1. The molecule has 0 saturated heterocycles. The molecule has 0 aliphatic carbocycles. The van der Waals surface area contributed by atoms with Gasteiger partial charge in [0.1, 0.15) is 12.6 Å². The van der Waals surface area contributed by atoms with Gasteiger partial charge in [0, 0.05) is 0 Å². The number of carbonyl (C=O) groups is 1. The number of benzene rings is 2. The zero-order valence-corrected chi connectivity index (χ0v) is 11.6. The maximum absolute atomic E-state index is 12.1. The van der Waals surface area contributed by atoms with Gasteiger partial charge in [0.05, 0.1) is 0 Å². The maximum Gasteiger partial charge on any atom is 0.323 e. The number of rotatable bonds is 6. The molecule has 0 amide bonds. The van der Waals surface area contributed by atoms with Crippen LogP contribution in [0.5, 0.6) is 0 Å². The summed E-state index contributed by atoms with van der Waals surface area (Å²) in [6.45, 7) is 0.312. The third kappa shape index (κ3) is 4.21. The lowest BCUT2D eigenvalue weighted by Gasteiger charge is -2.15. The first kappa shape index (κ1) is 14.3. The van der Waals surface area contributed by atoms with Gasteiger partial charge in [-0.1, -0.05) is 60.7 Å². The third-order valence-corrected chi connectivity index (χ3v) is 3.14. The van der Waals surface area contributed by atoms with E-state index in [1.165, 1.54) is 0 Å². The van der Waals surface area contributed by atoms with Gasteiger partial charge in [-0.15, -0.1) is 0 Å². The fourth-order valence-corrected chi connectivity index (χ4v) is 1.98. The molecular weight excluding hydrogens is 250 g/mol. The Morgan fingerprint density at radius 3 is 2.10 bits per heavy atom. The lowest BCUT2D eigenvalue weighted by molar-refractivity contribution is -0.147. The summed E-state index contributed by atoms with van der Waals surface area (Å²) < 4.78 is 5.35. The van der Waals surface area contributed by atoms with Crippen molar-refractivity contribution in [2.24, 2.45) is 0 Å². The van der Waals surface area contributed by atoms with Gasteiger partial charge in [0.15, 0.2) is 0 Å². The minimum Gasteiger partial charge on any atom is -0.460 e. The fraction of sp³-hybridized carbons (Fsp3) is 0.235. The van der Waals surface area contributed by atoms with Crippen LogP contribution in [0.15, 0.2) is 60.7 Å².